The first kappa shape index (κ1) is 11.5. The Morgan fingerprint density at radius 3 is 3.00 bits per heavy atom. The highest BCUT2D eigenvalue weighted by molar-refractivity contribution is 7.09. The van der Waals surface area contributed by atoms with E-state index in [0.29, 0.717) is 18.9 Å². The van der Waals surface area contributed by atoms with Gasteiger partial charge in [0.05, 0.1) is 16.7 Å². The SMILES string of the molecule is Cc1nc(C(C)N2CC(CN)CC2=O)cs1. The van der Waals surface area contributed by atoms with Crippen molar-refractivity contribution in [3.05, 3.63) is 16.1 Å². The fourth-order valence-corrected chi connectivity index (χ4v) is 2.77. The van der Waals surface area contributed by atoms with Crippen LogP contribution in [0, 0.1) is 12.8 Å². The topological polar surface area (TPSA) is 59.2 Å². The van der Waals surface area contributed by atoms with E-state index in [2.05, 4.69) is 4.98 Å². The Kier molecular flexibility index (Phi) is 3.25. The molecule has 1 amide bonds. The van der Waals surface area contributed by atoms with Crippen LogP contribution in [0.25, 0.3) is 0 Å². The lowest BCUT2D eigenvalue weighted by Crippen LogP contribution is -2.29. The van der Waals surface area contributed by atoms with Gasteiger partial charge in [-0.1, -0.05) is 0 Å². The van der Waals surface area contributed by atoms with Crippen molar-refractivity contribution in [2.45, 2.75) is 26.3 Å². The number of aromatic nitrogens is 1. The van der Waals surface area contributed by atoms with Gasteiger partial charge in [0.1, 0.15) is 0 Å². The third kappa shape index (κ3) is 2.10. The minimum Gasteiger partial charge on any atom is -0.334 e. The summed E-state index contributed by atoms with van der Waals surface area (Å²) in [6.45, 7) is 5.37. The van der Waals surface area contributed by atoms with Crippen LogP contribution in [-0.2, 0) is 4.79 Å². The molecule has 2 N–H and O–H groups in total. The van der Waals surface area contributed by atoms with Gasteiger partial charge in [0.15, 0.2) is 0 Å². The second-order valence-electron chi connectivity index (χ2n) is 4.32. The molecule has 5 heteroatoms. The zero-order valence-electron chi connectivity index (χ0n) is 9.64. The Morgan fingerprint density at radius 1 is 1.75 bits per heavy atom. The third-order valence-corrected chi connectivity index (χ3v) is 3.90. The second kappa shape index (κ2) is 4.51. The Labute approximate surface area is 99.5 Å². The van der Waals surface area contributed by atoms with Gasteiger partial charge in [-0.3, -0.25) is 4.79 Å². The van der Waals surface area contributed by atoms with Gasteiger partial charge < -0.3 is 10.6 Å². The summed E-state index contributed by atoms with van der Waals surface area (Å²) < 4.78 is 0. The van der Waals surface area contributed by atoms with Crippen LogP contribution in [-0.4, -0.2) is 28.9 Å². The van der Waals surface area contributed by atoms with Crippen LogP contribution < -0.4 is 5.73 Å². The molecule has 1 saturated heterocycles. The predicted molar refractivity (Wildman–Crippen MR) is 64.1 cm³/mol. The monoisotopic (exact) mass is 239 g/mol. The molecule has 0 bridgehead atoms. The maximum absolute atomic E-state index is 11.8. The number of aryl methyl sites for hydroxylation is 1. The summed E-state index contributed by atoms with van der Waals surface area (Å²) in [5.74, 6) is 0.517. The smallest absolute Gasteiger partial charge is 0.223 e. The lowest BCUT2D eigenvalue weighted by molar-refractivity contribution is -0.129. The van der Waals surface area contributed by atoms with Crippen LogP contribution >= 0.6 is 11.3 Å². The molecule has 1 fully saturated rings. The van der Waals surface area contributed by atoms with Gasteiger partial charge in [-0.05, 0) is 26.3 Å². The number of likely N-dealkylation sites (tertiary alicyclic amines) is 1. The van der Waals surface area contributed by atoms with Gasteiger partial charge >= 0.3 is 0 Å². The number of carbonyl (C=O) groups is 1. The molecule has 2 atom stereocenters. The highest BCUT2D eigenvalue weighted by atomic mass is 32.1. The highest BCUT2D eigenvalue weighted by Gasteiger charge is 2.32. The molecule has 1 aliphatic rings. The number of rotatable bonds is 3. The van der Waals surface area contributed by atoms with Crippen molar-refractivity contribution in [2.24, 2.45) is 11.7 Å². The number of hydrogen-bond acceptors (Lipinski definition) is 4. The summed E-state index contributed by atoms with van der Waals surface area (Å²) in [6, 6.07) is 0.0778. The van der Waals surface area contributed by atoms with Crippen molar-refractivity contribution in [1.29, 1.82) is 0 Å². The fourth-order valence-electron chi connectivity index (χ4n) is 2.07. The van der Waals surface area contributed by atoms with E-state index in [1.54, 1.807) is 11.3 Å². The van der Waals surface area contributed by atoms with Crippen LogP contribution in [0.5, 0.6) is 0 Å². The maximum atomic E-state index is 11.8. The van der Waals surface area contributed by atoms with Crippen molar-refractivity contribution < 1.29 is 4.79 Å². The number of nitrogens with zero attached hydrogens (tertiary/aromatic N) is 2. The summed E-state index contributed by atoms with van der Waals surface area (Å²) in [5.41, 5.74) is 6.60. The summed E-state index contributed by atoms with van der Waals surface area (Å²) in [7, 11) is 0. The number of carbonyl (C=O) groups excluding carboxylic acids is 1. The van der Waals surface area contributed by atoms with Crippen molar-refractivity contribution in [1.82, 2.24) is 9.88 Å². The average Bonchev–Trinajstić information content (AvgIpc) is 2.83. The molecule has 2 unspecified atom stereocenters. The van der Waals surface area contributed by atoms with Gasteiger partial charge in [-0.25, -0.2) is 4.98 Å². The molecule has 88 valence electrons. The van der Waals surface area contributed by atoms with Crippen molar-refractivity contribution >= 4 is 17.2 Å². The van der Waals surface area contributed by atoms with Crippen LogP contribution in [0.1, 0.15) is 30.1 Å². The lowest BCUT2D eigenvalue weighted by Gasteiger charge is -2.23. The molecule has 0 saturated carbocycles. The number of thiazole rings is 1. The van der Waals surface area contributed by atoms with E-state index in [9.17, 15) is 4.79 Å². The first-order valence-electron chi connectivity index (χ1n) is 5.53. The fraction of sp³-hybridized carbons (Fsp3) is 0.636. The Bertz CT molecular complexity index is 390. The standard InChI is InChI=1S/C11H17N3OS/c1-7(10-6-16-8(2)13-10)14-5-9(4-12)3-11(14)15/h6-7,9H,3-5,12H2,1-2H3. The maximum Gasteiger partial charge on any atom is 0.223 e. The molecule has 2 rings (SSSR count). The zero-order chi connectivity index (χ0) is 11.7. The molecule has 4 nitrogen and oxygen atoms in total. The van der Waals surface area contributed by atoms with Gasteiger partial charge in [0.25, 0.3) is 0 Å². The third-order valence-electron chi connectivity index (χ3n) is 3.10. The molecule has 0 aliphatic carbocycles. The van der Waals surface area contributed by atoms with Gasteiger partial charge in [-0.2, -0.15) is 0 Å². The van der Waals surface area contributed by atoms with Gasteiger partial charge in [0, 0.05) is 18.3 Å². The largest absolute Gasteiger partial charge is 0.334 e. The average molecular weight is 239 g/mol. The Balaban J connectivity index is 2.10. The lowest BCUT2D eigenvalue weighted by atomic mass is 10.1. The number of amides is 1. The minimum absolute atomic E-state index is 0.0778. The second-order valence-corrected chi connectivity index (χ2v) is 5.38. The molecule has 1 aromatic heterocycles. The molecule has 1 aliphatic heterocycles. The molecular formula is C11H17N3OS. The van der Waals surface area contributed by atoms with Gasteiger partial charge in [0.2, 0.25) is 5.91 Å². The zero-order valence-corrected chi connectivity index (χ0v) is 10.5. The molecule has 1 aromatic rings. The predicted octanol–water partition coefficient (Wildman–Crippen LogP) is 1.32. The number of nitrogens with two attached hydrogens (primary N) is 1. The number of hydrogen-bond donors (Lipinski definition) is 1. The van der Waals surface area contributed by atoms with Crippen LogP contribution in [0.15, 0.2) is 5.38 Å². The van der Waals surface area contributed by atoms with E-state index in [4.69, 9.17) is 5.73 Å². The normalized spacial score (nSPS) is 22.8. The Hall–Kier alpha value is -0.940. The molecule has 0 spiro atoms. The molecular weight excluding hydrogens is 222 g/mol. The van der Waals surface area contributed by atoms with E-state index in [0.717, 1.165) is 17.2 Å². The molecule has 2 heterocycles. The van der Waals surface area contributed by atoms with E-state index in [1.807, 2.05) is 24.1 Å². The van der Waals surface area contributed by atoms with E-state index < -0.39 is 0 Å². The molecule has 0 radical (unpaired) electrons. The molecule has 16 heavy (non-hydrogen) atoms. The quantitative estimate of drug-likeness (QED) is 0.865. The summed E-state index contributed by atoms with van der Waals surface area (Å²) in [5, 5.41) is 3.08. The molecule has 0 aromatic carbocycles. The first-order valence-corrected chi connectivity index (χ1v) is 6.41. The van der Waals surface area contributed by atoms with Crippen molar-refractivity contribution in [2.75, 3.05) is 13.1 Å². The highest BCUT2D eigenvalue weighted by Crippen LogP contribution is 2.28. The van der Waals surface area contributed by atoms with Crippen molar-refractivity contribution in [3.8, 4) is 0 Å². The van der Waals surface area contributed by atoms with Gasteiger partial charge in [-0.15, -0.1) is 11.3 Å². The van der Waals surface area contributed by atoms with Crippen LogP contribution in [0.2, 0.25) is 0 Å². The summed E-state index contributed by atoms with van der Waals surface area (Å²) in [4.78, 5) is 18.1. The van der Waals surface area contributed by atoms with E-state index in [-0.39, 0.29) is 11.9 Å². The van der Waals surface area contributed by atoms with E-state index >= 15 is 0 Å². The van der Waals surface area contributed by atoms with Crippen molar-refractivity contribution in [3.63, 3.8) is 0 Å². The minimum atomic E-state index is 0.0778. The summed E-state index contributed by atoms with van der Waals surface area (Å²) in [6.07, 6.45) is 0.587. The first-order chi connectivity index (χ1) is 7.61. The Morgan fingerprint density at radius 2 is 2.50 bits per heavy atom. The van der Waals surface area contributed by atoms with Crippen LogP contribution in [0.3, 0.4) is 0 Å². The summed E-state index contributed by atoms with van der Waals surface area (Å²) >= 11 is 1.63. The van der Waals surface area contributed by atoms with E-state index in [1.165, 1.54) is 0 Å². The van der Waals surface area contributed by atoms with Crippen LogP contribution in [0.4, 0.5) is 0 Å².